The van der Waals surface area contributed by atoms with Gasteiger partial charge in [0.1, 0.15) is 11.9 Å². The molecule has 0 saturated heterocycles. The number of anilines is 1. The molecule has 0 amide bonds. The number of hydrogen-bond donors (Lipinski definition) is 0. The van der Waals surface area contributed by atoms with E-state index in [1.165, 1.54) is 37.1 Å². The Kier molecular flexibility index (Phi) is 2.87. The van der Waals surface area contributed by atoms with Crippen LogP contribution in [0.4, 0.5) is 5.82 Å². The van der Waals surface area contributed by atoms with E-state index in [0.717, 1.165) is 40.8 Å². The molecule has 2 aliphatic rings. The number of imidazole rings is 1. The Morgan fingerprint density at radius 3 is 2.79 bits per heavy atom. The van der Waals surface area contributed by atoms with Gasteiger partial charge >= 0.3 is 0 Å². The first kappa shape index (κ1) is 13.9. The standard InChI is InChI=1S/C20H20N4/c1-13-15-10-11-23(14-6-2-3-7-14)20(15)24-18-9-5-4-8-17(18)22-19(24)16(13)12-21/h4-5,8-9,14H,2-3,6-7,10-11H2,1H3. The van der Waals surface area contributed by atoms with E-state index in [1.807, 2.05) is 12.1 Å². The van der Waals surface area contributed by atoms with Crippen LogP contribution in [0.3, 0.4) is 0 Å². The monoisotopic (exact) mass is 316 g/mol. The van der Waals surface area contributed by atoms with Gasteiger partial charge in [0.05, 0.1) is 16.6 Å². The lowest BCUT2D eigenvalue weighted by molar-refractivity contribution is 0.619. The molecular weight excluding hydrogens is 296 g/mol. The number of nitriles is 1. The number of benzene rings is 1. The van der Waals surface area contributed by atoms with E-state index in [9.17, 15) is 5.26 Å². The van der Waals surface area contributed by atoms with Crippen molar-refractivity contribution < 1.29 is 0 Å². The zero-order valence-corrected chi connectivity index (χ0v) is 13.9. The molecule has 120 valence electrons. The number of fused-ring (bicyclic) bond motifs is 5. The third-order valence-corrected chi connectivity index (χ3v) is 5.85. The summed E-state index contributed by atoms with van der Waals surface area (Å²) in [6, 6.07) is 11.3. The molecule has 0 radical (unpaired) electrons. The molecule has 0 atom stereocenters. The topological polar surface area (TPSA) is 44.3 Å². The number of rotatable bonds is 1. The zero-order valence-electron chi connectivity index (χ0n) is 13.9. The van der Waals surface area contributed by atoms with Crippen LogP contribution in [-0.4, -0.2) is 22.0 Å². The maximum Gasteiger partial charge on any atom is 0.157 e. The molecule has 3 heterocycles. The van der Waals surface area contributed by atoms with Crippen molar-refractivity contribution in [2.45, 2.75) is 45.1 Å². The Balaban J connectivity index is 1.90. The Morgan fingerprint density at radius 1 is 1.21 bits per heavy atom. The molecule has 0 unspecified atom stereocenters. The normalized spacial score (nSPS) is 17.8. The van der Waals surface area contributed by atoms with Gasteiger partial charge in [-0.2, -0.15) is 5.26 Å². The van der Waals surface area contributed by atoms with Crippen molar-refractivity contribution in [2.75, 3.05) is 11.4 Å². The Morgan fingerprint density at radius 2 is 2.00 bits per heavy atom. The molecule has 4 heteroatoms. The van der Waals surface area contributed by atoms with Gasteiger partial charge in [0.25, 0.3) is 0 Å². The quantitative estimate of drug-likeness (QED) is 0.682. The van der Waals surface area contributed by atoms with Crippen molar-refractivity contribution in [1.29, 1.82) is 5.26 Å². The summed E-state index contributed by atoms with van der Waals surface area (Å²) < 4.78 is 2.25. The van der Waals surface area contributed by atoms with Crippen molar-refractivity contribution >= 4 is 22.5 Å². The Labute approximate surface area is 141 Å². The molecule has 5 rings (SSSR count). The van der Waals surface area contributed by atoms with Crippen LogP contribution in [0.25, 0.3) is 16.7 Å². The highest BCUT2D eigenvalue weighted by atomic mass is 15.3. The van der Waals surface area contributed by atoms with Gasteiger partial charge in [0, 0.05) is 12.6 Å². The second-order valence-electron chi connectivity index (χ2n) is 7.06. The van der Waals surface area contributed by atoms with E-state index in [4.69, 9.17) is 4.98 Å². The van der Waals surface area contributed by atoms with Crippen LogP contribution in [-0.2, 0) is 6.42 Å². The smallest absolute Gasteiger partial charge is 0.157 e. The number of pyridine rings is 1. The van der Waals surface area contributed by atoms with Crippen LogP contribution < -0.4 is 4.90 Å². The highest BCUT2D eigenvalue weighted by molar-refractivity contribution is 5.87. The molecule has 0 bridgehead atoms. The third-order valence-electron chi connectivity index (χ3n) is 5.85. The third kappa shape index (κ3) is 1.70. The van der Waals surface area contributed by atoms with Gasteiger partial charge in [-0.25, -0.2) is 4.98 Å². The first-order chi connectivity index (χ1) is 11.8. The van der Waals surface area contributed by atoms with Crippen molar-refractivity contribution in [1.82, 2.24) is 9.38 Å². The predicted octanol–water partition coefficient (Wildman–Crippen LogP) is 3.97. The Hall–Kier alpha value is -2.54. The van der Waals surface area contributed by atoms with Gasteiger partial charge in [0.2, 0.25) is 0 Å². The molecule has 2 aromatic heterocycles. The highest BCUT2D eigenvalue weighted by Crippen LogP contribution is 2.40. The molecule has 1 aliphatic heterocycles. The van der Waals surface area contributed by atoms with Gasteiger partial charge in [-0.15, -0.1) is 0 Å². The van der Waals surface area contributed by atoms with Gasteiger partial charge in [-0.05, 0) is 49.4 Å². The number of para-hydroxylation sites is 2. The number of nitrogens with zero attached hydrogens (tertiary/aromatic N) is 4. The lowest BCUT2D eigenvalue weighted by Gasteiger charge is -2.28. The molecule has 24 heavy (non-hydrogen) atoms. The van der Waals surface area contributed by atoms with Gasteiger partial charge < -0.3 is 4.90 Å². The van der Waals surface area contributed by atoms with E-state index in [2.05, 4.69) is 34.4 Å². The highest BCUT2D eigenvalue weighted by Gasteiger charge is 2.33. The van der Waals surface area contributed by atoms with Gasteiger partial charge in [-0.1, -0.05) is 25.0 Å². The van der Waals surface area contributed by atoms with Crippen molar-refractivity contribution in [3.63, 3.8) is 0 Å². The largest absolute Gasteiger partial charge is 0.354 e. The summed E-state index contributed by atoms with van der Waals surface area (Å²) in [5.74, 6) is 1.29. The molecule has 0 N–H and O–H groups in total. The summed E-state index contributed by atoms with van der Waals surface area (Å²) in [4.78, 5) is 7.39. The van der Waals surface area contributed by atoms with Crippen LogP contribution >= 0.6 is 0 Å². The first-order valence-corrected chi connectivity index (χ1v) is 8.89. The van der Waals surface area contributed by atoms with E-state index in [1.54, 1.807) is 0 Å². The van der Waals surface area contributed by atoms with E-state index >= 15 is 0 Å². The Bertz CT molecular complexity index is 1000. The number of hydrogen-bond acceptors (Lipinski definition) is 3. The molecular formula is C20H20N4. The lowest BCUT2D eigenvalue weighted by Crippen LogP contribution is -2.32. The molecule has 0 spiro atoms. The van der Waals surface area contributed by atoms with Gasteiger partial charge in [0.15, 0.2) is 5.65 Å². The zero-order chi connectivity index (χ0) is 16.3. The van der Waals surface area contributed by atoms with Crippen LogP contribution in [0.5, 0.6) is 0 Å². The molecule has 1 fully saturated rings. The van der Waals surface area contributed by atoms with Crippen LogP contribution in [0.1, 0.15) is 42.4 Å². The van der Waals surface area contributed by atoms with Crippen molar-refractivity contribution in [3.05, 3.63) is 41.0 Å². The minimum absolute atomic E-state index is 0.642. The van der Waals surface area contributed by atoms with Crippen LogP contribution in [0.15, 0.2) is 24.3 Å². The van der Waals surface area contributed by atoms with Gasteiger partial charge in [-0.3, -0.25) is 4.40 Å². The molecule has 1 aliphatic carbocycles. The van der Waals surface area contributed by atoms with E-state index in [-0.39, 0.29) is 0 Å². The SMILES string of the molecule is Cc1c2c(n3c(nc4ccccc43)c1C#N)N(C1CCCC1)CC2. The second kappa shape index (κ2) is 4.98. The molecule has 1 aromatic carbocycles. The summed E-state index contributed by atoms with van der Waals surface area (Å²) in [6.45, 7) is 3.16. The molecule has 3 aromatic rings. The molecule has 1 saturated carbocycles. The fourth-order valence-electron chi connectivity index (χ4n) is 4.67. The second-order valence-corrected chi connectivity index (χ2v) is 7.06. The van der Waals surface area contributed by atoms with Crippen molar-refractivity contribution in [3.8, 4) is 6.07 Å². The minimum atomic E-state index is 0.642. The average Bonchev–Trinajstić information content (AvgIpc) is 3.32. The summed E-state index contributed by atoms with van der Waals surface area (Å²) in [6.07, 6.45) is 6.27. The fourth-order valence-corrected chi connectivity index (χ4v) is 4.67. The van der Waals surface area contributed by atoms with E-state index < -0.39 is 0 Å². The fraction of sp³-hybridized carbons (Fsp3) is 0.400. The average molecular weight is 316 g/mol. The van der Waals surface area contributed by atoms with E-state index in [0.29, 0.717) is 6.04 Å². The minimum Gasteiger partial charge on any atom is -0.354 e. The first-order valence-electron chi connectivity index (χ1n) is 8.89. The van der Waals surface area contributed by atoms with Crippen LogP contribution in [0.2, 0.25) is 0 Å². The summed E-state index contributed by atoms with van der Waals surface area (Å²) in [7, 11) is 0. The maximum atomic E-state index is 9.73. The summed E-state index contributed by atoms with van der Waals surface area (Å²) >= 11 is 0. The van der Waals surface area contributed by atoms with Crippen LogP contribution in [0, 0.1) is 18.3 Å². The van der Waals surface area contributed by atoms with Crippen molar-refractivity contribution in [2.24, 2.45) is 0 Å². The maximum absolute atomic E-state index is 9.73. The predicted molar refractivity (Wildman–Crippen MR) is 95.5 cm³/mol. The summed E-state index contributed by atoms with van der Waals surface area (Å²) in [5, 5.41) is 9.73. The molecule has 4 nitrogen and oxygen atoms in total. The number of aromatic nitrogens is 2. The summed E-state index contributed by atoms with van der Waals surface area (Å²) in [5.41, 5.74) is 6.10. The lowest BCUT2D eigenvalue weighted by atomic mass is 10.0.